The number of halogens is 7. The second kappa shape index (κ2) is 3.55. The summed E-state index contributed by atoms with van der Waals surface area (Å²) in [4.78, 5) is 0. The molecule has 0 saturated carbocycles. The highest BCUT2D eigenvalue weighted by Gasteiger charge is 2.72. The molecule has 80 valence electrons. The molecule has 0 saturated heterocycles. The van der Waals surface area contributed by atoms with E-state index in [1.807, 2.05) is 0 Å². The first-order valence-electron chi connectivity index (χ1n) is 2.99. The Labute approximate surface area is 74.5 Å². The molecule has 0 atom stereocenters. The van der Waals surface area contributed by atoms with Crippen LogP contribution in [0.15, 0.2) is 0 Å². The third-order valence-electron chi connectivity index (χ3n) is 1.24. The number of rotatable bonds is 3. The highest BCUT2D eigenvalue weighted by molar-refractivity contribution is 7.80. The topological polar surface area (TPSA) is 0 Å². The lowest BCUT2D eigenvalue weighted by atomic mass is 10.1. The summed E-state index contributed by atoms with van der Waals surface area (Å²) >= 11 is 3.16. The Morgan fingerprint density at radius 1 is 0.846 bits per heavy atom. The summed E-state index contributed by atoms with van der Waals surface area (Å²) in [6.07, 6.45) is -7.86. The molecule has 0 aliphatic heterocycles. The highest BCUT2D eigenvalue weighted by Crippen LogP contribution is 2.47. The van der Waals surface area contributed by atoms with Gasteiger partial charge in [0.15, 0.2) is 0 Å². The van der Waals surface area contributed by atoms with E-state index in [1.54, 1.807) is 0 Å². The molecule has 0 aromatic heterocycles. The molecule has 0 N–H and O–H groups in total. The second-order valence-corrected chi connectivity index (χ2v) is 2.70. The molecule has 0 aromatic carbocycles. The first-order valence-corrected chi connectivity index (χ1v) is 3.63. The minimum Gasteiger partial charge on any atom is -0.199 e. The molecule has 0 nitrogen and oxygen atoms in total. The summed E-state index contributed by atoms with van der Waals surface area (Å²) in [5.41, 5.74) is 0. The Morgan fingerprint density at radius 2 is 1.23 bits per heavy atom. The third kappa shape index (κ3) is 2.41. The van der Waals surface area contributed by atoms with Crippen molar-refractivity contribution in [3.8, 4) is 0 Å². The highest BCUT2D eigenvalue weighted by atomic mass is 32.1. The summed E-state index contributed by atoms with van der Waals surface area (Å²) < 4.78 is 82.5. The SMILES string of the molecule is FC(F)(F)C(F)(F)C(F)(F)CCS. The van der Waals surface area contributed by atoms with Gasteiger partial charge in [-0.15, -0.1) is 0 Å². The molecule has 0 heterocycles. The van der Waals surface area contributed by atoms with Crippen LogP contribution in [0.1, 0.15) is 6.42 Å². The zero-order chi connectivity index (χ0) is 10.9. The molecule has 0 spiro atoms. The maximum atomic E-state index is 12.2. The van der Waals surface area contributed by atoms with Crippen LogP contribution < -0.4 is 0 Å². The van der Waals surface area contributed by atoms with Gasteiger partial charge in [-0.2, -0.15) is 43.4 Å². The van der Waals surface area contributed by atoms with E-state index >= 15 is 0 Å². The van der Waals surface area contributed by atoms with Crippen molar-refractivity contribution < 1.29 is 30.7 Å². The van der Waals surface area contributed by atoms with Crippen molar-refractivity contribution in [1.82, 2.24) is 0 Å². The van der Waals surface area contributed by atoms with Crippen LogP contribution in [0.4, 0.5) is 30.7 Å². The molecule has 13 heavy (non-hydrogen) atoms. The number of alkyl halides is 7. The average Bonchev–Trinajstić information content (AvgIpc) is 1.84. The smallest absolute Gasteiger partial charge is 0.199 e. The molecule has 0 aliphatic rings. The van der Waals surface area contributed by atoms with Crippen molar-refractivity contribution >= 4 is 12.6 Å². The van der Waals surface area contributed by atoms with Crippen LogP contribution in [0.2, 0.25) is 0 Å². The predicted octanol–water partition coefficient (Wildman–Crippen LogP) is 3.14. The van der Waals surface area contributed by atoms with E-state index in [4.69, 9.17) is 0 Å². The number of hydrogen-bond donors (Lipinski definition) is 1. The average molecular weight is 230 g/mol. The monoisotopic (exact) mass is 230 g/mol. The van der Waals surface area contributed by atoms with Crippen molar-refractivity contribution in [2.24, 2.45) is 0 Å². The molecule has 0 bridgehead atoms. The number of thiol groups is 1. The van der Waals surface area contributed by atoms with Crippen LogP contribution in [0.5, 0.6) is 0 Å². The van der Waals surface area contributed by atoms with Gasteiger partial charge in [-0.25, -0.2) is 0 Å². The lowest BCUT2D eigenvalue weighted by Crippen LogP contribution is -2.52. The van der Waals surface area contributed by atoms with Gasteiger partial charge in [-0.3, -0.25) is 0 Å². The first kappa shape index (κ1) is 12.9. The van der Waals surface area contributed by atoms with Gasteiger partial charge in [-0.05, 0) is 5.75 Å². The van der Waals surface area contributed by atoms with Gasteiger partial charge in [0.2, 0.25) is 0 Å². The molecule has 0 fully saturated rings. The van der Waals surface area contributed by atoms with E-state index in [9.17, 15) is 30.7 Å². The minimum absolute atomic E-state index is 0.751. The molecular weight excluding hydrogens is 225 g/mol. The van der Waals surface area contributed by atoms with Gasteiger partial charge < -0.3 is 0 Å². The van der Waals surface area contributed by atoms with E-state index in [0.717, 1.165) is 0 Å². The van der Waals surface area contributed by atoms with Crippen LogP contribution in [-0.4, -0.2) is 23.8 Å². The van der Waals surface area contributed by atoms with Gasteiger partial charge in [0.1, 0.15) is 0 Å². The fraction of sp³-hybridized carbons (Fsp3) is 1.00. The van der Waals surface area contributed by atoms with Crippen LogP contribution in [0, 0.1) is 0 Å². The van der Waals surface area contributed by atoms with Crippen molar-refractivity contribution in [3.05, 3.63) is 0 Å². The zero-order valence-electron chi connectivity index (χ0n) is 6.01. The first-order chi connectivity index (χ1) is 5.56. The molecule has 0 radical (unpaired) electrons. The van der Waals surface area contributed by atoms with E-state index in [-0.39, 0.29) is 0 Å². The van der Waals surface area contributed by atoms with Gasteiger partial charge in [-0.1, -0.05) is 0 Å². The van der Waals surface area contributed by atoms with Crippen LogP contribution >= 0.6 is 12.6 Å². The van der Waals surface area contributed by atoms with Gasteiger partial charge >= 0.3 is 18.0 Å². The Hall–Kier alpha value is -0.140. The molecule has 0 amide bonds. The lowest BCUT2D eigenvalue weighted by molar-refractivity contribution is -0.354. The standard InChI is InChI=1S/C5H5F7S/c6-3(7,1-2-13)4(8,9)5(10,11)12/h13H,1-2H2. The summed E-state index contributed by atoms with van der Waals surface area (Å²) in [7, 11) is 0. The van der Waals surface area contributed by atoms with Crippen molar-refractivity contribution in [1.29, 1.82) is 0 Å². The van der Waals surface area contributed by atoms with Gasteiger partial charge in [0.05, 0.1) is 0 Å². The van der Waals surface area contributed by atoms with E-state index in [2.05, 4.69) is 12.6 Å². The van der Waals surface area contributed by atoms with E-state index in [0.29, 0.717) is 0 Å². The Kier molecular flexibility index (Phi) is 3.51. The molecule has 0 unspecified atom stereocenters. The molecular formula is C5H5F7S. The fourth-order valence-corrected chi connectivity index (χ4v) is 0.786. The molecule has 0 aromatic rings. The van der Waals surface area contributed by atoms with Crippen molar-refractivity contribution in [3.63, 3.8) is 0 Å². The van der Waals surface area contributed by atoms with Crippen molar-refractivity contribution in [2.45, 2.75) is 24.4 Å². The van der Waals surface area contributed by atoms with Crippen molar-refractivity contribution in [2.75, 3.05) is 5.75 Å². The summed E-state index contributed by atoms with van der Waals surface area (Å²) in [5, 5.41) is 0. The number of hydrogen-bond acceptors (Lipinski definition) is 1. The Morgan fingerprint density at radius 3 is 1.46 bits per heavy atom. The third-order valence-corrected chi connectivity index (χ3v) is 1.46. The summed E-state index contributed by atoms with van der Waals surface area (Å²) in [5.74, 6) is -11.9. The zero-order valence-corrected chi connectivity index (χ0v) is 6.90. The summed E-state index contributed by atoms with van der Waals surface area (Å²) in [6.45, 7) is 0. The predicted molar refractivity (Wildman–Crippen MR) is 34.4 cm³/mol. The maximum Gasteiger partial charge on any atom is 0.459 e. The lowest BCUT2D eigenvalue weighted by Gasteiger charge is -2.27. The Bertz CT molecular complexity index is 172. The largest absolute Gasteiger partial charge is 0.459 e. The molecule has 0 rings (SSSR count). The summed E-state index contributed by atoms with van der Waals surface area (Å²) in [6, 6.07) is 0. The molecule has 8 heteroatoms. The van der Waals surface area contributed by atoms with Crippen LogP contribution in [-0.2, 0) is 0 Å². The quantitative estimate of drug-likeness (QED) is 0.558. The van der Waals surface area contributed by atoms with Crippen LogP contribution in [0.3, 0.4) is 0 Å². The maximum absolute atomic E-state index is 12.2. The van der Waals surface area contributed by atoms with Crippen LogP contribution in [0.25, 0.3) is 0 Å². The van der Waals surface area contributed by atoms with E-state index < -0.39 is 30.2 Å². The van der Waals surface area contributed by atoms with E-state index in [1.165, 1.54) is 0 Å². The normalized spacial score (nSPS) is 14.8. The second-order valence-electron chi connectivity index (χ2n) is 2.25. The molecule has 0 aliphatic carbocycles. The minimum atomic E-state index is -6.24. The Balaban J connectivity index is 4.81. The fourth-order valence-electron chi connectivity index (χ4n) is 0.505. The van der Waals surface area contributed by atoms with Gasteiger partial charge in [0.25, 0.3) is 0 Å². The van der Waals surface area contributed by atoms with Gasteiger partial charge in [0, 0.05) is 6.42 Å².